The minimum atomic E-state index is -0.0602. The largest absolute Gasteiger partial charge is 0.496 e. The van der Waals surface area contributed by atoms with Crippen molar-refractivity contribution in [2.24, 2.45) is 5.73 Å². The summed E-state index contributed by atoms with van der Waals surface area (Å²) < 4.78 is 7.39. The standard InChI is InChI=1S/C15H23N3OS/c1-4-12(5-2)18-8-6-11(17-18)10-13(16)15-14(19-3)7-9-20-15/h6-9,12-13H,4-5,10,16H2,1-3H3. The third-order valence-electron chi connectivity index (χ3n) is 3.62. The van der Waals surface area contributed by atoms with Crippen LogP contribution in [0.4, 0.5) is 0 Å². The van der Waals surface area contributed by atoms with Gasteiger partial charge < -0.3 is 10.5 Å². The number of hydrogen-bond donors (Lipinski definition) is 1. The predicted octanol–water partition coefficient (Wildman–Crippen LogP) is 3.56. The molecule has 5 heteroatoms. The Kier molecular flexibility index (Phi) is 5.20. The highest BCUT2D eigenvalue weighted by Crippen LogP contribution is 2.31. The Morgan fingerprint density at radius 1 is 1.35 bits per heavy atom. The number of nitrogens with zero attached hydrogens (tertiary/aromatic N) is 2. The molecule has 2 rings (SSSR count). The van der Waals surface area contributed by atoms with Crippen molar-refractivity contribution in [1.29, 1.82) is 0 Å². The van der Waals surface area contributed by atoms with Gasteiger partial charge in [-0.1, -0.05) is 13.8 Å². The number of hydrogen-bond acceptors (Lipinski definition) is 4. The van der Waals surface area contributed by atoms with Gasteiger partial charge in [0.1, 0.15) is 5.75 Å². The van der Waals surface area contributed by atoms with E-state index in [0.29, 0.717) is 6.04 Å². The maximum atomic E-state index is 6.28. The van der Waals surface area contributed by atoms with E-state index in [-0.39, 0.29) is 6.04 Å². The fourth-order valence-corrected chi connectivity index (χ4v) is 3.28. The van der Waals surface area contributed by atoms with Crippen molar-refractivity contribution < 1.29 is 4.74 Å². The molecule has 0 amide bonds. The molecule has 2 aromatic rings. The lowest BCUT2D eigenvalue weighted by Crippen LogP contribution is -2.14. The first kappa shape index (κ1) is 15.1. The number of nitrogens with two attached hydrogens (primary N) is 1. The van der Waals surface area contributed by atoms with Gasteiger partial charge in [-0.25, -0.2) is 0 Å². The zero-order valence-corrected chi connectivity index (χ0v) is 13.2. The van der Waals surface area contributed by atoms with Crippen molar-refractivity contribution in [2.45, 2.75) is 45.2 Å². The first-order valence-corrected chi connectivity index (χ1v) is 7.98. The van der Waals surface area contributed by atoms with Crippen LogP contribution in [-0.4, -0.2) is 16.9 Å². The Balaban J connectivity index is 2.07. The van der Waals surface area contributed by atoms with Crippen LogP contribution in [0.3, 0.4) is 0 Å². The van der Waals surface area contributed by atoms with Crippen molar-refractivity contribution >= 4 is 11.3 Å². The summed E-state index contributed by atoms with van der Waals surface area (Å²) in [5.74, 6) is 0.877. The van der Waals surface area contributed by atoms with Crippen LogP contribution < -0.4 is 10.5 Å². The molecule has 0 fully saturated rings. The summed E-state index contributed by atoms with van der Waals surface area (Å²) in [6.07, 6.45) is 5.00. The van der Waals surface area contributed by atoms with E-state index in [1.54, 1.807) is 18.4 Å². The Bertz CT molecular complexity index is 531. The first-order valence-electron chi connectivity index (χ1n) is 7.10. The molecule has 0 aliphatic heterocycles. The third kappa shape index (κ3) is 3.22. The van der Waals surface area contributed by atoms with Crippen LogP contribution in [0.15, 0.2) is 23.7 Å². The van der Waals surface area contributed by atoms with Crippen LogP contribution in [0.25, 0.3) is 0 Å². The lowest BCUT2D eigenvalue weighted by Gasteiger charge is -2.13. The predicted molar refractivity (Wildman–Crippen MR) is 83.3 cm³/mol. The molecule has 1 unspecified atom stereocenters. The molecule has 0 aliphatic carbocycles. The van der Waals surface area contributed by atoms with Crippen LogP contribution in [0.2, 0.25) is 0 Å². The summed E-state index contributed by atoms with van der Waals surface area (Å²) >= 11 is 1.64. The summed E-state index contributed by atoms with van der Waals surface area (Å²) in [5.41, 5.74) is 7.32. The van der Waals surface area contributed by atoms with Gasteiger partial charge in [-0.3, -0.25) is 4.68 Å². The molecular weight excluding hydrogens is 270 g/mol. The van der Waals surface area contributed by atoms with E-state index in [4.69, 9.17) is 10.5 Å². The van der Waals surface area contributed by atoms with Crippen molar-refractivity contribution in [3.05, 3.63) is 34.3 Å². The van der Waals surface area contributed by atoms with E-state index < -0.39 is 0 Å². The molecule has 0 aliphatic rings. The quantitative estimate of drug-likeness (QED) is 0.849. The molecule has 0 radical (unpaired) electrons. The van der Waals surface area contributed by atoms with Crippen molar-refractivity contribution in [1.82, 2.24) is 9.78 Å². The summed E-state index contributed by atoms with van der Waals surface area (Å²) in [5, 5.41) is 6.67. The molecule has 0 spiro atoms. The van der Waals surface area contributed by atoms with Crippen molar-refractivity contribution in [2.75, 3.05) is 7.11 Å². The van der Waals surface area contributed by atoms with Crippen molar-refractivity contribution in [3.8, 4) is 5.75 Å². The van der Waals surface area contributed by atoms with Crippen molar-refractivity contribution in [3.63, 3.8) is 0 Å². The van der Waals surface area contributed by atoms with Crippen LogP contribution >= 0.6 is 11.3 Å². The maximum absolute atomic E-state index is 6.28. The number of thiophene rings is 1. The molecule has 0 bridgehead atoms. The highest BCUT2D eigenvalue weighted by atomic mass is 32.1. The smallest absolute Gasteiger partial charge is 0.134 e. The Labute approximate surface area is 124 Å². The van der Waals surface area contributed by atoms with Gasteiger partial charge in [-0.2, -0.15) is 5.10 Å². The monoisotopic (exact) mass is 293 g/mol. The third-order valence-corrected chi connectivity index (χ3v) is 4.65. The van der Waals surface area contributed by atoms with Gasteiger partial charge in [-0.15, -0.1) is 11.3 Å². The van der Waals surface area contributed by atoms with Crippen LogP contribution in [0.5, 0.6) is 5.75 Å². The Hall–Kier alpha value is -1.33. The molecule has 0 saturated carbocycles. The Morgan fingerprint density at radius 3 is 2.75 bits per heavy atom. The number of rotatable bonds is 7. The lowest BCUT2D eigenvalue weighted by molar-refractivity contribution is 0.407. The second-order valence-electron chi connectivity index (χ2n) is 4.92. The van der Waals surface area contributed by atoms with Crippen LogP contribution in [0.1, 0.15) is 49.3 Å². The van der Waals surface area contributed by atoms with Gasteiger partial charge in [-0.05, 0) is 30.4 Å². The van der Waals surface area contributed by atoms with Gasteiger partial charge in [0.15, 0.2) is 0 Å². The van der Waals surface area contributed by atoms with Gasteiger partial charge in [0, 0.05) is 18.7 Å². The molecule has 1 atom stereocenters. The lowest BCUT2D eigenvalue weighted by atomic mass is 10.1. The number of methoxy groups -OCH3 is 1. The SMILES string of the molecule is CCC(CC)n1ccc(CC(N)c2sccc2OC)n1. The molecule has 2 aromatic heterocycles. The molecule has 2 heterocycles. The van der Waals surface area contributed by atoms with E-state index in [1.165, 1.54) is 0 Å². The summed E-state index contributed by atoms with van der Waals surface area (Å²) in [7, 11) is 1.68. The molecule has 0 saturated heterocycles. The minimum absolute atomic E-state index is 0.0602. The molecule has 110 valence electrons. The van der Waals surface area contributed by atoms with Gasteiger partial charge in [0.25, 0.3) is 0 Å². The highest BCUT2D eigenvalue weighted by molar-refractivity contribution is 7.10. The number of ether oxygens (including phenoxy) is 1. The second-order valence-corrected chi connectivity index (χ2v) is 5.87. The number of aromatic nitrogens is 2. The zero-order chi connectivity index (χ0) is 14.5. The summed E-state index contributed by atoms with van der Waals surface area (Å²) in [6, 6.07) is 4.45. The maximum Gasteiger partial charge on any atom is 0.134 e. The normalized spacial score (nSPS) is 12.8. The summed E-state index contributed by atoms with van der Waals surface area (Å²) in [6.45, 7) is 4.38. The minimum Gasteiger partial charge on any atom is -0.496 e. The van der Waals surface area contributed by atoms with E-state index in [1.807, 2.05) is 11.4 Å². The topological polar surface area (TPSA) is 53.1 Å². The average Bonchev–Trinajstić information content (AvgIpc) is 3.09. The molecular formula is C15H23N3OS. The first-order chi connectivity index (χ1) is 9.69. The fraction of sp³-hybridized carbons (Fsp3) is 0.533. The van der Waals surface area contributed by atoms with Gasteiger partial charge in [0.2, 0.25) is 0 Å². The molecule has 0 aromatic carbocycles. The van der Waals surface area contributed by atoms with Gasteiger partial charge in [0.05, 0.1) is 23.7 Å². The molecule has 20 heavy (non-hydrogen) atoms. The zero-order valence-electron chi connectivity index (χ0n) is 12.4. The molecule has 2 N–H and O–H groups in total. The Morgan fingerprint density at radius 2 is 2.10 bits per heavy atom. The average molecular weight is 293 g/mol. The van der Waals surface area contributed by atoms with Crippen LogP contribution in [-0.2, 0) is 6.42 Å². The fourth-order valence-electron chi connectivity index (χ4n) is 2.42. The van der Waals surface area contributed by atoms with E-state index in [9.17, 15) is 0 Å². The molecule has 4 nitrogen and oxygen atoms in total. The second kappa shape index (κ2) is 6.90. The van der Waals surface area contributed by atoms with Crippen LogP contribution in [0, 0.1) is 0 Å². The van der Waals surface area contributed by atoms with Gasteiger partial charge >= 0.3 is 0 Å². The van der Waals surface area contributed by atoms with E-state index >= 15 is 0 Å². The van der Waals surface area contributed by atoms with E-state index in [2.05, 4.69) is 35.9 Å². The summed E-state index contributed by atoms with van der Waals surface area (Å²) in [4.78, 5) is 1.09. The highest BCUT2D eigenvalue weighted by Gasteiger charge is 2.16. The van der Waals surface area contributed by atoms with E-state index in [0.717, 1.165) is 35.6 Å².